The number of carbonyl (C=O) groups is 5. The normalized spacial score (nSPS) is 11.7. The fourth-order valence-corrected chi connectivity index (χ4v) is 2.70. The van der Waals surface area contributed by atoms with Crippen LogP contribution in [0.1, 0.15) is 52.4 Å². The van der Waals surface area contributed by atoms with Gasteiger partial charge in [-0.2, -0.15) is 0 Å². The van der Waals surface area contributed by atoms with Gasteiger partial charge in [-0.25, -0.2) is 4.79 Å². The Kier molecular flexibility index (Phi) is 19.2. The van der Waals surface area contributed by atoms with E-state index in [1.54, 1.807) is 7.05 Å². The smallest absolute Gasteiger partial charge is 0.326 e. The Labute approximate surface area is 207 Å². The lowest BCUT2D eigenvalue weighted by Gasteiger charge is -2.14. The molecule has 0 aliphatic heterocycles. The van der Waals surface area contributed by atoms with Gasteiger partial charge in [0.2, 0.25) is 17.7 Å². The number of hydrogen-bond acceptors (Lipinski definition) is 8. The molecule has 0 bridgehead atoms. The lowest BCUT2D eigenvalue weighted by molar-refractivity contribution is -0.142. The molecule has 5 N–H and O–H groups in total. The average Bonchev–Trinajstić information content (AvgIpc) is 2.80. The Hall–Kier alpha value is -2.57. The highest BCUT2D eigenvalue weighted by Gasteiger charge is 2.20. The molecule has 12 nitrogen and oxygen atoms in total. The third-order valence-corrected chi connectivity index (χ3v) is 4.86. The van der Waals surface area contributed by atoms with Crippen LogP contribution in [0.3, 0.4) is 0 Å². The summed E-state index contributed by atoms with van der Waals surface area (Å²) < 4.78 is 10.5. The third-order valence-electron chi connectivity index (χ3n) is 4.86. The van der Waals surface area contributed by atoms with Gasteiger partial charge in [0.15, 0.2) is 5.78 Å². The van der Waals surface area contributed by atoms with E-state index >= 15 is 0 Å². The second-order valence-corrected chi connectivity index (χ2v) is 8.29. The van der Waals surface area contributed by atoms with Crippen LogP contribution in [-0.2, 0) is 33.4 Å². The number of ketones is 1. The van der Waals surface area contributed by atoms with E-state index in [0.717, 1.165) is 0 Å². The lowest BCUT2D eigenvalue weighted by Crippen LogP contribution is -2.41. The van der Waals surface area contributed by atoms with Crippen molar-refractivity contribution in [2.75, 3.05) is 53.1 Å². The molecule has 0 spiro atoms. The van der Waals surface area contributed by atoms with Gasteiger partial charge in [-0.05, 0) is 32.9 Å². The number of carboxylic acid groups (broad SMARTS) is 1. The summed E-state index contributed by atoms with van der Waals surface area (Å²) in [6, 6.07) is -1.12. The summed E-state index contributed by atoms with van der Waals surface area (Å²) in [7, 11) is 1.76. The predicted molar refractivity (Wildman–Crippen MR) is 129 cm³/mol. The van der Waals surface area contributed by atoms with Crippen molar-refractivity contribution in [1.82, 2.24) is 21.3 Å². The van der Waals surface area contributed by atoms with Gasteiger partial charge < -0.3 is 35.8 Å². The number of nitrogens with one attached hydrogen (secondary N) is 4. The number of rotatable bonds is 22. The molecule has 1 unspecified atom stereocenters. The van der Waals surface area contributed by atoms with Crippen LogP contribution in [0, 0.1) is 5.92 Å². The number of aliphatic carboxylic acids is 1. The first-order valence-corrected chi connectivity index (χ1v) is 12.1. The van der Waals surface area contributed by atoms with Crippen molar-refractivity contribution in [3.05, 3.63) is 0 Å². The Morgan fingerprint density at radius 1 is 0.771 bits per heavy atom. The van der Waals surface area contributed by atoms with Crippen LogP contribution in [0.4, 0.5) is 0 Å². The molecular formula is C23H42N4O8. The molecule has 12 heteroatoms. The first-order chi connectivity index (χ1) is 16.7. The summed E-state index contributed by atoms with van der Waals surface area (Å²) in [6.45, 7) is 5.93. The fourth-order valence-electron chi connectivity index (χ4n) is 2.70. The maximum absolute atomic E-state index is 11.9. The lowest BCUT2D eigenvalue weighted by atomic mass is 10.1. The Morgan fingerprint density at radius 2 is 1.37 bits per heavy atom. The molecule has 0 aliphatic carbocycles. The number of hydrogen-bond donors (Lipinski definition) is 5. The standard InChI is InChI=1S/C23H42N4O8/c1-17(2)19(28)16-35-15-14-34-13-12-26-20(29)6-5-11-25-21(30)9-8-18(23(32)33)27-22(31)7-4-10-24-3/h17-18,24H,4-16H2,1-3H3,(H,25,30)(H,26,29)(H,27,31)(H,32,33). The number of ether oxygens (including phenoxy) is 2. The molecule has 35 heavy (non-hydrogen) atoms. The van der Waals surface area contributed by atoms with Gasteiger partial charge in [-0.15, -0.1) is 0 Å². The Balaban J connectivity index is 3.78. The van der Waals surface area contributed by atoms with Crippen LogP contribution >= 0.6 is 0 Å². The second-order valence-electron chi connectivity index (χ2n) is 8.29. The minimum Gasteiger partial charge on any atom is -0.480 e. The van der Waals surface area contributed by atoms with Crippen LogP contribution in [0.15, 0.2) is 0 Å². The van der Waals surface area contributed by atoms with E-state index in [9.17, 15) is 29.1 Å². The van der Waals surface area contributed by atoms with Crippen molar-refractivity contribution < 1.29 is 38.6 Å². The summed E-state index contributed by atoms with van der Waals surface area (Å²) in [6.07, 6.45) is 1.39. The van der Waals surface area contributed by atoms with E-state index < -0.39 is 12.0 Å². The zero-order valence-electron chi connectivity index (χ0n) is 21.2. The van der Waals surface area contributed by atoms with E-state index in [-0.39, 0.29) is 68.3 Å². The molecular weight excluding hydrogens is 460 g/mol. The van der Waals surface area contributed by atoms with E-state index in [2.05, 4.69) is 21.3 Å². The van der Waals surface area contributed by atoms with Gasteiger partial charge in [-0.1, -0.05) is 13.8 Å². The van der Waals surface area contributed by atoms with E-state index in [0.29, 0.717) is 45.8 Å². The maximum Gasteiger partial charge on any atom is 0.326 e. The highest BCUT2D eigenvalue weighted by Crippen LogP contribution is 2.00. The van der Waals surface area contributed by atoms with Crippen molar-refractivity contribution >= 4 is 29.5 Å². The largest absolute Gasteiger partial charge is 0.480 e. The first-order valence-electron chi connectivity index (χ1n) is 12.1. The predicted octanol–water partition coefficient (Wildman–Crippen LogP) is -0.393. The summed E-state index contributed by atoms with van der Waals surface area (Å²) in [4.78, 5) is 58.2. The van der Waals surface area contributed by atoms with Gasteiger partial charge in [0.05, 0.1) is 19.8 Å². The van der Waals surface area contributed by atoms with Crippen molar-refractivity contribution in [2.45, 2.75) is 58.4 Å². The molecule has 0 fully saturated rings. The van der Waals surface area contributed by atoms with Crippen molar-refractivity contribution in [3.63, 3.8) is 0 Å². The molecule has 0 rings (SSSR count). The van der Waals surface area contributed by atoms with Gasteiger partial charge in [0.1, 0.15) is 12.6 Å². The van der Waals surface area contributed by atoms with Crippen LogP contribution < -0.4 is 21.3 Å². The monoisotopic (exact) mass is 502 g/mol. The van der Waals surface area contributed by atoms with Crippen LogP contribution in [0.2, 0.25) is 0 Å². The number of carbonyl (C=O) groups excluding carboxylic acids is 4. The topological polar surface area (TPSA) is 172 Å². The maximum atomic E-state index is 11.9. The quantitative estimate of drug-likeness (QED) is 0.124. The molecule has 3 amide bonds. The van der Waals surface area contributed by atoms with Crippen molar-refractivity contribution in [3.8, 4) is 0 Å². The van der Waals surface area contributed by atoms with Crippen LogP contribution in [0.25, 0.3) is 0 Å². The van der Waals surface area contributed by atoms with Crippen molar-refractivity contribution in [1.29, 1.82) is 0 Å². The molecule has 0 aromatic heterocycles. The van der Waals surface area contributed by atoms with Crippen molar-refractivity contribution in [2.24, 2.45) is 5.92 Å². The van der Waals surface area contributed by atoms with Gasteiger partial charge in [0, 0.05) is 38.3 Å². The molecule has 0 saturated carbocycles. The van der Waals surface area contributed by atoms with Crippen LogP contribution in [0.5, 0.6) is 0 Å². The molecule has 0 aromatic rings. The molecule has 0 saturated heterocycles. The highest BCUT2D eigenvalue weighted by atomic mass is 16.5. The molecule has 202 valence electrons. The number of carboxylic acids is 1. The van der Waals surface area contributed by atoms with Gasteiger partial charge in [-0.3, -0.25) is 19.2 Å². The van der Waals surface area contributed by atoms with Gasteiger partial charge >= 0.3 is 5.97 Å². The second kappa shape index (κ2) is 20.8. The van der Waals surface area contributed by atoms with Crippen LogP contribution in [-0.4, -0.2) is 93.7 Å². The third kappa shape index (κ3) is 19.4. The van der Waals surface area contributed by atoms with E-state index in [1.807, 2.05) is 13.8 Å². The molecule has 0 heterocycles. The average molecular weight is 503 g/mol. The molecule has 0 aliphatic rings. The van der Waals surface area contributed by atoms with E-state index in [1.165, 1.54) is 0 Å². The molecule has 1 atom stereocenters. The fraction of sp³-hybridized carbons (Fsp3) is 0.783. The number of amides is 3. The minimum atomic E-state index is -1.19. The first kappa shape index (κ1) is 32.4. The highest BCUT2D eigenvalue weighted by molar-refractivity contribution is 5.84. The summed E-state index contributed by atoms with van der Waals surface area (Å²) in [5.74, 6) is -2.08. The summed E-state index contributed by atoms with van der Waals surface area (Å²) in [5.41, 5.74) is 0. The summed E-state index contributed by atoms with van der Waals surface area (Å²) in [5, 5.41) is 19.9. The SMILES string of the molecule is CNCCCC(=O)NC(CCC(=O)NCCCC(=O)NCCOCCOCC(=O)C(C)C)C(=O)O. The van der Waals surface area contributed by atoms with Gasteiger partial charge in [0.25, 0.3) is 0 Å². The zero-order valence-corrected chi connectivity index (χ0v) is 21.2. The zero-order chi connectivity index (χ0) is 26.5. The minimum absolute atomic E-state index is 0.0154. The summed E-state index contributed by atoms with van der Waals surface area (Å²) >= 11 is 0. The molecule has 0 radical (unpaired) electrons. The molecule has 0 aromatic carbocycles. The number of Topliss-reactive ketones (excluding diaryl/α,β-unsaturated/α-hetero) is 1. The van der Waals surface area contributed by atoms with E-state index in [4.69, 9.17) is 9.47 Å². The Bertz CT molecular complexity index is 657. The Morgan fingerprint density at radius 3 is 2.03 bits per heavy atom.